The molecule has 1 saturated carbocycles. The van der Waals surface area contributed by atoms with Crippen LogP contribution in [-0.4, -0.2) is 74.6 Å². The quantitative estimate of drug-likeness (QED) is 0.242. The number of phenols is 1. The third-order valence-electron chi connectivity index (χ3n) is 8.99. The summed E-state index contributed by atoms with van der Waals surface area (Å²) < 4.78 is 11.5. The molecule has 0 radical (unpaired) electrons. The second kappa shape index (κ2) is 8.88. The van der Waals surface area contributed by atoms with Gasteiger partial charge >= 0.3 is 5.97 Å². The fourth-order valence-corrected chi connectivity index (χ4v) is 6.68. The van der Waals surface area contributed by atoms with Crippen LogP contribution in [0.3, 0.4) is 0 Å². The monoisotopic (exact) mass is 528 g/mol. The summed E-state index contributed by atoms with van der Waals surface area (Å²) in [5.41, 5.74) is -2.03. The number of hydrogen-bond donors (Lipinski definition) is 4. The van der Waals surface area contributed by atoms with Crippen LogP contribution in [-0.2, 0) is 26.2 Å². The first-order valence-electron chi connectivity index (χ1n) is 13.6. The van der Waals surface area contributed by atoms with E-state index in [2.05, 4.69) is 10.2 Å². The van der Waals surface area contributed by atoms with Crippen molar-refractivity contribution < 1.29 is 34.4 Å². The van der Waals surface area contributed by atoms with E-state index in [0.717, 1.165) is 17.7 Å². The Hall–Kier alpha value is -2.78. The van der Waals surface area contributed by atoms with E-state index in [4.69, 9.17) is 9.47 Å². The van der Waals surface area contributed by atoms with Crippen LogP contribution in [0.25, 0.3) is 0 Å². The van der Waals surface area contributed by atoms with E-state index in [9.17, 15) is 24.9 Å². The van der Waals surface area contributed by atoms with Gasteiger partial charge in [0.1, 0.15) is 11.3 Å². The van der Waals surface area contributed by atoms with Crippen molar-refractivity contribution in [1.82, 2.24) is 10.2 Å². The maximum absolute atomic E-state index is 13.3. The number of hydrogen-bond acceptors (Lipinski definition) is 8. The Kier molecular flexibility index (Phi) is 6.26. The molecule has 2 fully saturated rings. The van der Waals surface area contributed by atoms with E-state index in [1.807, 2.05) is 6.07 Å². The largest absolute Gasteiger partial charge is 0.508 e. The second-order valence-corrected chi connectivity index (χ2v) is 12.5. The molecule has 2 aliphatic carbocycles. The Morgan fingerprint density at radius 3 is 2.61 bits per heavy atom. The Balaban J connectivity index is 1.53. The molecule has 2 aliphatic heterocycles. The number of nitrogens with one attached hydrogen (secondary N) is 1. The molecule has 208 valence electrons. The highest BCUT2D eigenvalue weighted by molar-refractivity contribution is 5.97. The van der Waals surface area contributed by atoms with Crippen LogP contribution in [0.1, 0.15) is 71.9 Å². The van der Waals surface area contributed by atoms with Gasteiger partial charge < -0.3 is 30.1 Å². The summed E-state index contributed by atoms with van der Waals surface area (Å²) in [4.78, 5) is 28.1. The van der Waals surface area contributed by atoms with Gasteiger partial charge in [0.15, 0.2) is 17.6 Å². The molecule has 1 aromatic carbocycles. The number of carbonyl (C=O) groups is 2. The summed E-state index contributed by atoms with van der Waals surface area (Å²) in [6, 6.07) is 3.27. The lowest BCUT2D eigenvalue weighted by molar-refractivity contribution is -0.155. The minimum atomic E-state index is -1.33. The maximum atomic E-state index is 13.3. The summed E-state index contributed by atoms with van der Waals surface area (Å²) in [5.74, 6) is -0.722. The zero-order valence-corrected chi connectivity index (χ0v) is 23.1. The molecule has 0 aromatic heterocycles. The second-order valence-electron chi connectivity index (χ2n) is 12.5. The number of benzene rings is 1. The molecular weight excluding hydrogens is 488 g/mol. The number of aliphatic hydroxyl groups excluding tert-OH is 1. The molecule has 9 heteroatoms. The molecular formula is C29H40N2O7. The van der Waals surface area contributed by atoms with Gasteiger partial charge in [-0.1, -0.05) is 6.07 Å². The van der Waals surface area contributed by atoms with E-state index >= 15 is 0 Å². The van der Waals surface area contributed by atoms with Crippen molar-refractivity contribution in [2.75, 3.05) is 13.1 Å². The van der Waals surface area contributed by atoms with Gasteiger partial charge in [-0.3, -0.25) is 9.69 Å². The van der Waals surface area contributed by atoms with Gasteiger partial charge in [-0.25, -0.2) is 4.79 Å². The molecule has 0 unspecified atom stereocenters. The molecule has 1 saturated heterocycles. The number of phenolic OH excluding ortho intramolecular Hbond substituents is 1. The minimum absolute atomic E-state index is 0.0259. The number of fused-ring (bicyclic) bond motifs is 1. The van der Waals surface area contributed by atoms with Gasteiger partial charge in [0.25, 0.3) is 5.91 Å². The Morgan fingerprint density at radius 1 is 1.29 bits per heavy atom. The van der Waals surface area contributed by atoms with E-state index in [-0.39, 0.29) is 35.0 Å². The van der Waals surface area contributed by atoms with Crippen molar-refractivity contribution in [3.05, 3.63) is 34.6 Å². The predicted octanol–water partition coefficient (Wildman–Crippen LogP) is 2.86. The molecule has 5 rings (SSSR count). The summed E-state index contributed by atoms with van der Waals surface area (Å²) in [6.45, 7) is 11.4. The van der Waals surface area contributed by atoms with Gasteiger partial charge in [0, 0.05) is 18.2 Å². The molecule has 9 nitrogen and oxygen atoms in total. The van der Waals surface area contributed by atoms with Crippen molar-refractivity contribution >= 4 is 11.9 Å². The molecule has 4 atom stereocenters. The summed E-state index contributed by atoms with van der Waals surface area (Å²) in [6.07, 6.45) is 2.08. The normalized spacial score (nSPS) is 30.8. The third-order valence-corrected chi connectivity index (χ3v) is 8.99. The lowest BCUT2D eigenvalue weighted by atomic mass is 9.53. The topological polar surface area (TPSA) is 129 Å². The number of rotatable bonds is 7. The summed E-state index contributed by atoms with van der Waals surface area (Å²) >= 11 is 0. The molecule has 38 heavy (non-hydrogen) atoms. The van der Waals surface area contributed by atoms with Crippen LogP contribution in [0.15, 0.2) is 23.5 Å². The van der Waals surface area contributed by atoms with Crippen LogP contribution in [0.5, 0.6) is 11.5 Å². The maximum Gasteiger partial charge on any atom is 0.331 e. The molecule has 4 N–H and O–H groups in total. The highest BCUT2D eigenvalue weighted by Gasteiger charge is 2.69. The highest BCUT2D eigenvalue weighted by atomic mass is 16.5. The number of aliphatic hydroxyl groups is 2. The van der Waals surface area contributed by atoms with Crippen LogP contribution in [0.2, 0.25) is 0 Å². The highest BCUT2D eigenvalue weighted by Crippen LogP contribution is 2.63. The molecule has 1 spiro atoms. The molecule has 1 aromatic rings. The third kappa shape index (κ3) is 3.97. The number of nitrogens with zero attached hydrogens (tertiary/aromatic N) is 1. The lowest BCUT2D eigenvalue weighted by Crippen LogP contribution is -2.73. The van der Waals surface area contributed by atoms with Crippen molar-refractivity contribution in [3.8, 4) is 11.5 Å². The van der Waals surface area contributed by atoms with Gasteiger partial charge in [0.2, 0.25) is 0 Å². The van der Waals surface area contributed by atoms with Crippen molar-refractivity contribution in [3.63, 3.8) is 0 Å². The van der Waals surface area contributed by atoms with Crippen LogP contribution < -0.4 is 10.1 Å². The fraction of sp³-hybridized carbons (Fsp3) is 0.655. The van der Waals surface area contributed by atoms with Gasteiger partial charge in [-0.05, 0) is 91.3 Å². The molecule has 1 amide bonds. The van der Waals surface area contributed by atoms with Crippen LogP contribution in [0, 0.1) is 5.92 Å². The van der Waals surface area contributed by atoms with Gasteiger partial charge in [-0.2, -0.15) is 0 Å². The molecule has 2 bridgehead atoms. The number of carbonyl (C=O) groups excluding carboxylic acids is 2. The van der Waals surface area contributed by atoms with Gasteiger partial charge in [-0.15, -0.1) is 0 Å². The standard InChI is InChI=1S/C29H40N2O7/c1-15(2)37-26(35)27(4,5)30-25(34)16(3)22(33)24-29-11-12-31(14-17-7-8-17)20(28(29,6)36)13-18-9-10-19(32)23(38-24)21(18)29/h9-10,15,17,20,24,32-33,36H,7-8,11-14H2,1-6H3,(H,30,34)/b22-16-/t20-,24+,28-,29+/m1/s1. The van der Waals surface area contributed by atoms with Crippen molar-refractivity contribution in [2.24, 2.45) is 5.92 Å². The van der Waals surface area contributed by atoms with Crippen molar-refractivity contribution in [1.29, 1.82) is 0 Å². The van der Waals surface area contributed by atoms with E-state index in [1.54, 1.807) is 26.8 Å². The summed E-state index contributed by atoms with van der Waals surface area (Å²) in [7, 11) is 0. The van der Waals surface area contributed by atoms with E-state index in [1.165, 1.54) is 33.6 Å². The Labute approximate surface area is 223 Å². The number of amides is 1. The van der Waals surface area contributed by atoms with Gasteiger partial charge in [0.05, 0.1) is 22.7 Å². The fourth-order valence-electron chi connectivity index (χ4n) is 6.68. The molecule has 4 aliphatic rings. The first-order valence-corrected chi connectivity index (χ1v) is 13.6. The van der Waals surface area contributed by atoms with E-state index < -0.39 is 34.5 Å². The summed E-state index contributed by atoms with van der Waals surface area (Å²) in [5, 5.41) is 37.2. The minimum Gasteiger partial charge on any atom is -0.508 e. The van der Waals surface area contributed by atoms with Crippen molar-refractivity contribution in [2.45, 2.75) is 102 Å². The average Bonchev–Trinajstić information content (AvgIpc) is 3.56. The number of aromatic hydroxyl groups is 1. The number of ether oxygens (including phenoxy) is 2. The number of esters is 1. The lowest BCUT2D eigenvalue weighted by Gasteiger charge is -2.59. The zero-order valence-electron chi connectivity index (χ0n) is 23.1. The number of piperidine rings is 1. The average molecular weight is 529 g/mol. The SMILES string of the molecule is C/C(C(=O)NC(C)(C)C(=O)OC(C)C)=C(/O)[C@@H]1Oc2c(O)ccc3c2[C@@]12CCN(CC1CC1)[C@H](C3)[C@@]2(C)O. The predicted molar refractivity (Wildman–Crippen MR) is 140 cm³/mol. The Morgan fingerprint density at radius 2 is 1.97 bits per heavy atom. The smallest absolute Gasteiger partial charge is 0.331 e. The zero-order chi connectivity index (χ0) is 27.8. The Bertz CT molecular complexity index is 1200. The van der Waals surface area contributed by atoms with Crippen LogP contribution in [0.4, 0.5) is 0 Å². The first-order chi connectivity index (χ1) is 17.7. The number of likely N-dealkylation sites (tertiary alicyclic amines) is 1. The first kappa shape index (κ1) is 26.8. The van der Waals surface area contributed by atoms with Crippen LogP contribution >= 0.6 is 0 Å². The molecule has 2 heterocycles. The van der Waals surface area contributed by atoms with E-state index in [0.29, 0.717) is 25.3 Å².